The molecule has 1 N–H and O–H groups in total. The molecule has 1 heterocycles. The minimum Gasteiger partial charge on any atom is -0.481 e. The average Bonchev–Trinajstić information content (AvgIpc) is 2.90. The first-order chi connectivity index (χ1) is 9.54. The van der Waals surface area contributed by atoms with E-state index in [-0.39, 0.29) is 23.5 Å². The van der Waals surface area contributed by atoms with Crippen LogP contribution in [-0.4, -0.2) is 53.5 Å². The third-order valence-electron chi connectivity index (χ3n) is 4.32. The van der Waals surface area contributed by atoms with Gasteiger partial charge < -0.3 is 19.5 Å². The molecule has 6 heteroatoms. The lowest BCUT2D eigenvalue weighted by Gasteiger charge is -2.34. The Morgan fingerprint density at radius 2 is 1.95 bits per heavy atom. The summed E-state index contributed by atoms with van der Waals surface area (Å²) in [7, 11) is 0. The number of carboxylic acids is 1. The minimum absolute atomic E-state index is 0.0553. The molecule has 1 amide bonds. The van der Waals surface area contributed by atoms with Gasteiger partial charge in [0.1, 0.15) is 5.60 Å². The largest absolute Gasteiger partial charge is 0.481 e. The Morgan fingerprint density at radius 3 is 2.43 bits per heavy atom. The van der Waals surface area contributed by atoms with Crippen molar-refractivity contribution in [1.82, 2.24) is 4.90 Å². The highest BCUT2D eigenvalue weighted by Crippen LogP contribution is 2.60. The maximum atomic E-state index is 12.1. The summed E-state index contributed by atoms with van der Waals surface area (Å²) in [6.07, 6.45) is -0.594. The minimum atomic E-state index is -0.789. The Hall–Kier alpha value is -1.30. The van der Waals surface area contributed by atoms with Crippen molar-refractivity contribution in [2.45, 2.75) is 46.3 Å². The van der Waals surface area contributed by atoms with Crippen LogP contribution in [0.5, 0.6) is 0 Å². The molecule has 2 aliphatic rings. The van der Waals surface area contributed by atoms with Gasteiger partial charge in [-0.2, -0.15) is 0 Å². The Labute approximate surface area is 125 Å². The predicted octanol–water partition coefficient (Wildman–Crippen LogP) is 1.98. The fourth-order valence-corrected chi connectivity index (χ4v) is 3.23. The maximum Gasteiger partial charge on any atom is 0.410 e. The van der Waals surface area contributed by atoms with Crippen LogP contribution in [0, 0.1) is 17.3 Å². The quantitative estimate of drug-likeness (QED) is 0.843. The number of hydrogen-bond acceptors (Lipinski definition) is 4. The SMILES string of the molecule is CC(C)(C)OC(=O)N1CCOC(C2C(C(=O)O)C2(C)C)C1. The van der Waals surface area contributed by atoms with Gasteiger partial charge in [0.2, 0.25) is 0 Å². The van der Waals surface area contributed by atoms with Crippen LogP contribution in [0.4, 0.5) is 4.79 Å². The van der Waals surface area contributed by atoms with Gasteiger partial charge in [0.25, 0.3) is 0 Å². The highest BCUT2D eigenvalue weighted by Gasteiger charge is 2.65. The number of carbonyl (C=O) groups excluding carboxylic acids is 1. The molecular weight excluding hydrogens is 274 g/mol. The van der Waals surface area contributed by atoms with E-state index in [2.05, 4.69) is 0 Å². The molecule has 0 radical (unpaired) electrons. The summed E-state index contributed by atoms with van der Waals surface area (Å²) >= 11 is 0. The molecule has 0 spiro atoms. The Balaban J connectivity index is 1.99. The van der Waals surface area contributed by atoms with Gasteiger partial charge in [0.15, 0.2) is 0 Å². The molecule has 0 bridgehead atoms. The van der Waals surface area contributed by atoms with E-state index in [1.54, 1.807) is 4.90 Å². The second-order valence-electron chi connectivity index (χ2n) is 7.50. The van der Waals surface area contributed by atoms with Gasteiger partial charge in [-0.05, 0) is 26.2 Å². The second kappa shape index (κ2) is 5.16. The zero-order chi connectivity index (χ0) is 16.0. The van der Waals surface area contributed by atoms with Crippen LogP contribution >= 0.6 is 0 Å². The lowest BCUT2D eigenvalue weighted by atomic mass is 10.0. The number of ether oxygens (including phenoxy) is 2. The molecule has 1 aliphatic heterocycles. The molecule has 3 unspecified atom stereocenters. The predicted molar refractivity (Wildman–Crippen MR) is 75.9 cm³/mol. The van der Waals surface area contributed by atoms with Crippen LogP contribution in [0.1, 0.15) is 34.6 Å². The lowest BCUT2D eigenvalue weighted by Crippen LogP contribution is -2.48. The average molecular weight is 299 g/mol. The summed E-state index contributed by atoms with van der Waals surface area (Å²) < 4.78 is 11.1. The van der Waals surface area contributed by atoms with Crippen LogP contribution in [0.25, 0.3) is 0 Å². The van der Waals surface area contributed by atoms with Crippen molar-refractivity contribution >= 4 is 12.1 Å². The molecule has 6 nitrogen and oxygen atoms in total. The van der Waals surface area contributed by atoms with Gasteiger partial charge in [0, 0.05) is 12.5 Å². The van der Waals surface area contributed by atoms with Crippen molar-refractivity contribution in [3.8, 4) is 0 Å². The van der Waals surface area contributed by atoms with Crippen molar-refractivity contribution in [2.75, 3.05) is 19.7 Å². The summed E-state index contributed by atoms with van der Waals surface area (Å²) in [5, 5.41) is 9.26. The molecule has 0 aromatic carbocycles. The number of carbonyl (C=O) groups is 2. The zero-order valence-electron chi connectivity index (χ0n) is 13.4. The van der Waals surface area contributed by atoms with E-state index < -0.39 is 17.5 Å². The van der Waals surface area contributed by atoms with Crippen LogP contribution in [-0.2, 0) is 14.3 Å². The first-order valence-corrected chi connectivity index (χ1v) is 7.36. The Morgan fingerprint density at radius 1 is 1.33 bits per heavy atom. The number of carboxylic acid groups (broad SMARTS) is 1. The van der Waals surface area contributed by atoms with Crippen LogP contribution in [0.3, 0.4) is 0 Å². The summed E-state index contributed by atoms with van der Waals surface area (Å²) in [5.41, 5.74) is -0.819. The fourth-order valence-electron chi connectivity index (χ4n) is 3.23. The van der Waals surface area contributed by atoms with Gasteiger partial charge in [-0.25, -0.2) is 4.79 Å². The Kier molecular flexibility index (Phi) is 3.95. The molecule has 1 aliphatic carbocycles. The number of morpholine rings is 1. The third kappa shape index (κ3) is 3.31. The summed E-state index contributed by atoms with van der Waals surface area (Å²) in [6, 6.07) is 0. The number of amides is 1. The van der Waals surface area contributed by atoms with Crippen molar-refractivity contribution in [1.29, 1.82) is 0 Å². The third-order valence-corrected chi connectivity index (χ3v) is 4.32. The normalized spacial score (nSPS) is 31.7. The van der Waals surface area contributed by atoms with Crippen LogP contribution < -0.4 is 0 Å². The van der Waals surface area contributed by atoms with Gasteiger partial charge >= 0.3 is 12.1 Å². The topological polar surface area (TPSA) is 76.1 Å². The van der Waals surface area contributed by atoms with Gasteiger partial charge in [0.05, 0.1) is 25.2 Å². The van der Waals surface area contributed by atoms with E-state index in [1.807, 2.05) is 34.6 Å². The number of aliphatic carboxylic acids is 1. The highest BCUT2D eigenvalue weighted by atomic mass is 16.6. The zero-order valence-corrected chi connectivity index (χ0v) is 13.4. The van der Waals surface area contributed by atoms with E-state index in [4.69, 9.17) is 9.47 Å². The highest BCUT2D eigenvalue weighted by molar-refractivity contribution is 5.75. The number of nitrogens with zero attached hydrogens (tertiary/aromatic N) is 1. The monoisotopic (exact) mass is 299 g/mol. The molecule has 0 aromatic heterocycles. The number of hydrogen-bond donors (Lipinski definition) is 1. The van der Waals surface area contributed by atoms with E-state index in [0.29, 0.717) is 19.7 Å². The van der Waals surface area contributed by atoms with E-state index in [1.165, 1.54) is 0 Å². The maximum absolute atomic E-state index is 12.1. The van der Waals surface area contributed by atoms with Crippen molar-refractivity contribution in [3.63, 3.8) is 0 Å². The first kappa shape index (κ1) is 16.1. The van der Waals surface area contributed by atoms with Gasteiger partial charge in [-0.3, -0.25) is 4.79 Å². The standard InChI is InChI=1S/C15H25NO5/c1-14(2,3)21-13(19)16-6-7-20-9(8-16)10-11(12(17)18)15(10,4)5/h9-11H,6-8H2,1-5H3,(H,17,18). The summed E-state index contributed by atoms with van der Waals surface area (Å²) in [5.74, 6) is -1.25. The van der Waals surface area contributed by atoms with Gasteiger partial charge in [-0.1, -0.05) is 13.8 Å². The molecule has 21 heavy (non-hydrogen) atoms. The molecule has 1 saturated carbocycles. The summed E-state index contributed by atoms with van der Waals surface area (Å²) in [6.45, 7) is 10.7. The van der Waals surface area contributed by atoms with Crippen molar-refractivity contribution < 1.29 is 24.2 Å². The number of rotatable bonds is 2. The smallest absolute Gasteiger partial charge is 0.410 e. The van der Waals surface area contributed by atoms with Crippen LogP contribution in [0.15, 0.2) is 0 Å². The molecule has 2 rings (SSSR count). The molecule has 120 valence electrons. The lowest BCUT2D eigenvalue weighted by molar-refractivity contribution is -0.140. The van der Waals surface area contributed by atoms with E-state index in [0.717, 1.165) is 0 Å². The molecule has 0 aromatic rings. The molecular formula is C15H25NO5. The van der Waals surface area contributed by atoms with Crippen molar-refractivity contribution in [3.05, 3.63) is 0 Å². The van der Waals surface area contributed by atoms with Crippen molar-refractivity contribution in [2.24, 2.45) is 17.3 Å². The second-order valence-corrected chi connectivity index (χ2v) is 7.50. The van der Waals surface area contributed by atoms with E-state index in [9.17, 15) is 14.7 Å². The molecule has 2 fully saturated rings. The van der Waals surface area contributed by atoms with Gasteiger partial charge in [-0.15, -0.1) is 0 Å². The van der Waals surface area contributed by atoms with Crippen LogP contribution in [0.2, 0.25) is 0 Å². The van der Waals surface area contributed by atoms with E-state index >= 15 is 0 Å². The Bertz CT molecular complexity index is 440. The fraction of sp³-hybridized carbons (Fsp3) is 0.867. The summed E-state index contributed by atoms with van der Waals surface area (Å²) in [4.78, 5) is 25.0. The molecule has 3 atom stereocenters. The molecule has 1 saturated heterocycles. The first-order valence-electron chi connectivity index (χ1n) is 7.36.